The molecule has 1 aromatic rings. The van der Waals surface area contributed by atoms with Crippen LogP contribution in [0.1, 0.15) is 61.7 Å². The molecule has 1 aliphatic carbocycles. The van der Waals surface area contributed by atoms with Crippen molar-refractivity contribution >= 4 is 17.5 Å². The Bertz CT molecular complexity index is 558. The number of hydrogen-bond acceptors (Lipinski definition) is 2. The van der Waals surface area contributed by atoms with Crippen molar-refractivity contribution < 1.29 is 9.59 Å². The van der Waals surface area contributed by atoms with E-state index in [1.54, 1.807) is 0 Å². The molecule has 2 amide bonds. The van der Waals surface area contributed by atoms with Crippen LogP contribution in [0.4, 0.5) is 5.69 Å². The number of nitrogens with one attached hydrogen (secondary N) is 1. The highest BCUT2D eigenvalue weighted by Crippen LogP contribution is 2.28. The third-order valence-electron chi connectivity index (χ3n) is 5.02. The van der Waals surface area contributed by atoms with E-state index in [4.69, 9.17) is 0 Å². The van der Waals surface area contributed by atoms with Crippen LogP contribution in [0.2, 0.25) is 0 Å². The van der Waals surface area contributed by atoms with Crippen LogP contribution in [-0.2, 0) is 4.79 Å². The van der Waals surface area contributed by atoms with Gasteiger partial charge in [-0.15, -0.1) is 0 Å². The zero-order valence-corrected chi connectivity index (χ0v) is 13.7. The fraction of sp³-hybridized carbons (Fsp3) is 0.579. The summed E-state index contributed by atoms with van der Waals surface area (Å²) in [6.45, 7) is 1.65. The summed E-state index contributed by atoms with van der Waals surface area (Å²) in [4.78, 5) is 26.9. The minimum atomic E-state index is 0.0378. The van der Waals surface area contributed by atoms with Gasteiger partial charge in [-0.05, 0) is 50.2 Å². The predicted molar refractivity (Wildman–Crippen MR) is 91.4 cm³/mol. The number of amides is 2. The molecule has 0 atom stereocenters. The maximum absolute atomic E-state index is 12.7. The number of likely N-dealkylation sites (tertiary alicyclic amines) is 1. The van der Waals surface area contributed by atoms with Crippen LogP contribution in [0.15, 0.2) is 24.3 Å². The first-order chi connectivity index (χ1) is 11.2. The second kappa shape index (κ2) is 7.62. The summed E-state index contributed by atoms with van der Waals surface area (Å²) in [5.74, 6) is 0.595. The van der Waals surface area contributed by atoms with Crippen molar-refractivity contribution in [2.75, 3.05) is 18.4 Å². The molecule has 0 unspecified atom stereocenters. The largest absolute Gasteiger partial charge is 0.339 e. The fourth-order valence-corrected chi connectivity index (χ4v) is 3.72. The lowest BCUT2D eigenvalue weighted by atomic mass is 10.0. The van der Waals surface area contributed by atoms with Crippen LogP contribution >= 0.6 is 0 Å². The zero-order valence-electron chi connectivity index (χ0n) is 13.7. The van der Waals surface area contributed by atoms with E-state index in [2.05, 4.69) is 5.32 Å². The highest BCUT2D eigenvalue weighted by Gasteiger charge is 2.22. The van der Waals surface area contributed by atoms with Gasteiger partial charge >= 0.3 is 0 Å². The van der Waals surface area contributed by atoms with Crippen LogP contribution in [0.25, 0.3) is 0 Å². The number of carbonyl (C=O) groups is 2. The van der Waals surface area contributed by atoms with Gasteiger partial charge in [0.2, 0.25) is 5.91 Å². The minimum Gasteiger partial charge on any atom is -0.339 e. The van der Waals surface area contributed by atoms with Gasteiger partial charge in [-0.2, -0.15) is 0 Å². The van der Waals surface area contributed by atoms with Crippen LogP contribution in [-0.4, -0.2) is 29.8 Å². The molecule has 1 heterocycles. The first kappa shape index (κ1) is 16.0. The van der Waals surface area contributed by atoms with Crippen LogP contribution in [0.3, 0.4) is 0 Å². The van der Waals surface area contributed by atoms with E-state index < -0.39 is 0 Å². The number of anilines is 1. The third-order valence-corrected chi connectivity index (χ3v) is 5.02. The van der Waals surface area contributed by atoms with Crippen molar-refractivity contribution in [1.29, 1.82) is 0 Å². The Hall–Kier alpha value is -1.84. The van der Waals surface area contributed by atoms with Gasteiger partial charge in [0.05, 0.1) is 11.3 Å². The monoisotopic (exact) mass is 314 g/mol. The number of para-hydroxylation sites is 1. The zero-order chi connectivity index (χ0) is 16.1. The predicted octanol–water partition coefficient (Wildman–Crippen LogP) is 3.83. The molecular weight excluding hydrogens is 288 g/mol. The highest BCUT2D eigenvalue weighted by atomic mass is 16.2. The molecule has 0 spiro atoms. The van der Waals surface area contributed by atoms with E-state index in [9.17, 15) is 9.59 Å². The van der Waals surface area contributed by atoms with Crippen molar-refractivity contribution in [1.82, 2.24) is 4.90 Å². The van der Waals surface area contributed by atoms with Gasteiger partial charge in [0.15, 0.2) is 0 Å². The molecule has 1 aromatic carbocycles. The molecule has 2 fully saturated rings. The van der Waals surface area contributed by atoms with Gasteiger partial charge in [0, 0.05) is 19.5 Å². The van der Waals surface area contributed by atoms with Gasteiger partial charge in [0.1, 0.15) is 0 Å². The summed E-state index contributed by atoms with van der Waals surface area (Å²) < 4.78 is 0. The molecule has 0 aromatic heterocycles. The fourth-order valence-electron chi connectivity index (χ4n) is 3.72. The topological polar surface area (TPSA) is 49.4 Å². The lowest BCUT2D eigenvalue weighted by Gasteiger charge is -2.27. The molecule has 2 aliphatic rings. The van der Waals surface area contributed by atoms with E-state index in [0.717, 1.165) is 38.8 Å². The number of carbonyl (C=O) groups excluding carboxylic acids is 2. The summed E-state index contributed by atoms with van der Waals surface area (Å²) in [7, 11) is 0. The third kappa shape index (κ3) is 4.12. The maximum atomic E-state index is 12.7. The smallest absolute Gasteiger partial charge is 0.255 e. The number of piperidine rings is 1. The van der Waals surface area contributed by atoms with E-state index in [-0.39, 0.29) is 11.8 Å². The lowest BCUT2D eigenvalue weighted by molar-refractivity contribution is -0.117. The number of nitrogens with zero attached hydrogens (tertiary/aromatic N) is 1. The Morgan fingerprint density at radius 2 is 1.70 bits per heavy atom. The van der Waals surface area contributed by atoms with Gasteiger partial charge in [0.25, 0.3) is 5.91 Å². The Morgan fingerprint density at radius 3 is 2.43 bits per heavy atom. The SMILES string of the molecule is O=C(CC1CCCC1)Nc1ccccc1C(=O)N1CCCCC1. The summed E-state index contributed by atoms with van der Waals surface area (Å²) in [6.07, 6.45) is 8.70. The molecule has 0 radical (unpaired) electrons. The second-order valence-electron chi connectivity index (χ2n) is 6.80. The van der Waals surface area contributed by atoms with Crippen molar-refractivity contribution in [2.24, 2.45) is 5.92 Å². The van der Waals surface area contributed by atoms with E-state index in [1.165, 1.54) is 19.3 Å². The molecule has 4 nitrogen and oxygen atoms in total. The Morgan fingerprint density at radius 1 is 1.00 bits per heavy atom. The molecular formula is C19H26N2O2. The van der Waals surface area contributed by atoms with Crippen molar-refractivity contribution in [3.63, 3.8) is 0 Å². The van der Waals surface area contributed by atoms with E-state index >= 15 is 0 Å². The first-order valence-corrected chi connectivity index (χ1v) is 8.92. The van der Waals surface area contributed by atoms with Crippen molar-refractivity contribution in [2.45, 2.75) is 51.4 Å². The Balaban J connectivity index is 1.67. The first-order valence-electron chi connectivity index (χ1n) is 8.92. The van der Waals surface area contributed by atoms with Crippen molar-refractivity contribution in [3.8, 4) is 0 Å². The molecule has 23 heavy (non-hydrogen) atoms. The number of rotatable bonds is 4. The van der Waals surface area contributed by atoms with E-state index in [0.29, 0.717) is 23.6 Å². The second-order valence-corrected chi connectivity index (χ2v) is 6.80. The van der Waals surface area contributed by atoms with Gasteiger partial charge in [-0.3, -0.25) is 9.59 Å². The van der Waals surface area contributed by atoms with Gasteiger partial charge < -0.3 is 10.2 Å². The minimum absolute atomic E-state index is 0.0378. The van der Waals surface area contributed by atoms with Crippen LogP contribution < -0.4 is 5.32 Å². The average molecular weight is 314 g/mol. The Labute approximate surface area is 138 Å². The number of benzene rings is 1. The quantitative estimate of drug-likeness (QED) is 0.918. The molecule has 4 heteroatoms. The van der Waals surface area contributed by atoms with Gasteiger partial charge in [-0.1, -0.05) is 25.0 Å². The maximum Gasteiger partial charge on any atom is 0.255 e. The summed E-state index contributed by atoms with van der Waals surface area (Å²) in [6, 6.07) is 7.40. The normalized spacial score (nSPS) is 18.9. The summed E-state index contributed by atoms with van der Waals surface area (Å²) in [5, 5.41) is 2.97. The molecule has 124 valence electrons. The molecule has 1 saturated carbocycles. The van der Waals surface area contributed by atoms with Crippen LogP contribution in [0.5, 0.6) is 0 Å². The summed E-state index contributed by atoms with van der Waals surface area (Å²) >= 11 is 0. The Kier molecular flexibility index (Phi) is 5.31. The summed E-state index contributed by atoms with van der Waals surface area (Å²) in [5.41, 5.74) is 1.28. The molecule has 1 aliphatic heterocycles. The van der Waals surface area contributed by atoms with E-state index in [1.807, 2.05) is 29.2 Å². The average Bonchev–Trinajstić information content (AvgIpc) is 3.08. The van der Waals surface area contributed by atoms with Gasteiger partial charge in [-0.25, -0.2) is 0 Å². The molecule has 1 saturated heterocycles. The van der Waals surface area contributed by atoms with Crippen molar-refractivity contribution in [3.05, 3.63) is 29.8 Å². The van der Waals surface area contributed by atoms with Crippen LogP contribution in [0, 0.1) is 5.92 Å². The number of hydrogen-bond donors (Lipinski definition) is 1. The standard InChI is InChI=1S/C19H26N2O2/c22-18(14-15-8-2-3-9-15)20-17-11-5-4-10-16(17)19(23)21-12-6-1-7-13-21/h4-5,10-11,15H,1-3,6-9,12-14H2,(H,20,22). The highest BCUT2D eigenvalue weighted by molar-refractivity contribution is 6.03. The molecule has 0 bridgehead atoms. The molecule has 3 rings (SSSR count). The molecule has 1 N–H and O–H groups in total. The lowest BCUT2D eigenvalue weighted by Crippen LogP contribution is -2.36.